The van der Waals surface area contributed by atoms with Crippen molar-refractivity contribution in [3.8, 4) is 0 Å². The highest BCUT2D eigenvalue weighted by Gasteiger charge is 2.27. The summed E-state index contributed by atoms with van der Waals surface area (Å²) < 4.78 is 26.8. The Kier molecular flexibility index (Phi) is 5.07. The summed E-state index contributed by atoms with van der Waals surface area (Å²) in [5.74, 6) is 0.211. The zero-order valence-corrected chi connectivity index (χ0v) is 14.8. The fourth-order valence-corrected chi connectivity index (χ4v) is 3.54. The van der Waals surface area contributed by atoms with Crippen LogP contribution in [0.4, 0.5) is 14.7 Å². The molecule has 138 valence electrons. The number of piperazine rings is 1. The Balaban J connectivity index is 1.58. The largest absolute Gasteiger partial charge is 0.338 e. The van der Waals surface area contributed by atoms with Crippen molar-refractivity contribution in [2.75, 3.05) is 31.1 Å². The van der Waals surface area contributed by atoms with Crippen LogP contribution in [0.1, 0.15) is 17.2 Å². The second-order valence-electron chi connectivity index (χ2n) is 6.58. The predicted octanol–water partition coefficient (Wildman–Crippen LogP) is 3.67. The molecule has 2 aromatic carbocycles. The molecule has 1 aliphatic heterocycles. The van der Waals surface area contributed by atoms with Crippen LogP contribution < -0.4 is 4.90 Å². The van der Waals surface area contributed by atoms with Gasteiger partial charge in [0, 0.05) is 38.6 Å². The molecule has 0 spiro atoms. The lowest BCUT2D eigenvalue weighted by molar-refractivity contribution is 0.211. The van der Waals surface area contributed by atoms with Gasteiger partial charge >= 0.3 is 0 Å². The predicted molar refractivity (Wildman–Crippen MR) is 100 cm³/mol. The van der Waals surface area contributed by atoms with Crippen LogP contribution >= 0.6 is 0 Å². The Morgan fingerprint density at radius 3 is 1.67 bits per heavy atom. The Bertz CT molecular complexity index is 815. The first-order chi connectivity index (χ1) is 13.2. The van der Waals surface area contributed by atoms with Crippen LogP contribution in [0.25, 0.3) is 0 Å². The minimum atomic E-state index is -0.261. The summed E-state index contributed by atoms with van der Waals surface area (Å²) in [6, 6.07) is 14.8. The molecule has 0 bridgehead atoms. The van der Waals surface area contributed by atoms with Crippen molar-refractivity contribution in [3.63, 3.8) is 0 Å². The summed E-state index contributed by atoms with van der Waals surface area (Å²) in [6.45, 7) is 3.20. The fraction of sp³-hybridized carbons (Fsp3) is 0.238. The van der Waals surface area contributed by atoms with E-state index in [4.69, 9.17) is 0 Å². The van der Waals surface area contributed by atoms with E-state index in [1.807, 2.05) is 0 Å². The van der Waals surface area contributed by atoms with Gasteiger partial charge in [-0.3, -0.25) is 4.90 Å². The van der Waals surface area contributed by atoms with Crippen LogP contribution in [0.5, 0.6) is 0 Å². The SMILES string of the molecule is Fc1ccc(C(c2ccc(F)cc2)N2CCN(c3ncccn3)CC2)cc1. The molecule has 0 atom stereocenters. The Morgan fingerprint density at radius 1 is 0.704 bits per heavy atom. The van der Waals surface area contributed by atoms with E-state index in [0.29, 0.717) is 0 Å². The van der Waals surface area contributed by atoms with E-state index in [-0.39, 0.29) is 17.7 Å². The summed E-state index contributed by atoms with van der Waals surface area (Å²) in [6.07, 6.45) is 3.49. The third-order valence-corrected chi connectivity index (χ3v) is 4.89. The Morgan fingerprint density at radius 2 is 1.19 bits per heavy atom. The lowest BCUT2D eigenvalue weighted by Gasteiger charge is -2.39. The van der Waals surface area contributed by atoms with Crippen molar-refractivity contribution in [1.29, 1.82) is 0 Å². The average molecular weight is 366 g/mol. The molecule has 4 nitrogen and oxygen atoms in total. The molecule has 0 aliphatic carbocycles. The van der Waals surface area contributed by atoms with E-state index in [0.717, 1.165) is 43.3 Å². The first kappa shape index (κ1) is 17.5. The third-order valence-electron chi connectivity index (χ3n) is 4.89. The number of halogens is 2. The van der Waals surface area contributed by atoms with Crippen LogP contribution in [0.2, 0.25) is 0 Å². The number of nitrogens with zero attached hydrogens (tertiary/aromatic N) is 4. The normalized spacial score (nSPS) is 15.3. The third kappa shape index (κ3) is 3.95. The summed E-state index contributed by atoms with van der Waals surface area (Å²) in [5.41, 5.74) is 1.99. The second kappa shape index (κ2) is 7.80. The van der Waals surface area contributed by atoms with Crippen molar-refractivity contribution in [3.05, 3.63) is 89.8 Å². The van der Waals surface area contributed by atoms with E-state index in [1.165, 1.54) is 24.3 Å². The Hall–Kier alpha value is -2.86. The highest BCUT2D eigenvalue weighted by molar-refractivity contribution is 5.34. The van der Waals surface area contributed by atoms with Crippen molar-refractivity contribution < 1.29 is 8.78 Å². The molecule has 1 aliphatic rings. The standard InChI is InChI=1S/C21H20F2N4/c22-18-6-2-16(3-7-18)20(17-4-8-19(23)9-5-17)26-12-14-27(15-13-26)21-24-10-1-11-25-21/h1-11,20H,12-15H2. The molecule has 27 heavy (non-hydrogen) atoms. The molecule has 0 saturated carbocycles. The molecule has 1 fully saturated rings. The van der Waals surface area contributed by atoms with Crippen molar-refractivity contribution in [1.82, 2.24) is 14.9 Å². The average Bonchev–Trinajstić information content (AvgIpc) is 2.72. The van der Waals surface area contributed by atoms with Crippen molar-refractivity contribution >= 4 is 5.95 Å². The maximum Gasteiger partial charge on any atom is 0.225 e. The molecular weight excluding hydrogens is 346 g/mol. The first-order valence-corrected chi connectivity index (χ1v) is 8.98. The lowest BCUT2D eigenvalue weighted by atomic mass is 9.96. The van der Waals surface area contributed by atoms with Crippen molar-refractivity contribution in [2.24, 2.45) is 0 Å². The highest BCUT2D eigenvalue weighted by atomic mass is 19.1. The second-order valence-corrected chi connectivity index (χ2v) is 6.58. The Labute approximate surface area is 157 Å². The number of hydrogen-bond donors (Lipinski definition) is 0. The topological polar surface area (TPSA) is 32.3 Å². The number of aromatic nitrogens is 2. The van der Waals surface area contributed by atoms with Crippen molar-refractivity contribution in [2.45, 2.75) is 6.04 Å². The van der Waals surface area contributed by atoms with Crippen LogP contribution in [-0.2, 0) is 0 Å². The smallest absolute Gasteiger partial charge is 0.225 e. The van der Waals surface area contributed by atoms with Gasteiger partial charge in [-0.2, -0.15) is 0 Å². The van der Waals surface area contributed by atoms with E-state index >= 15 is 0 Å². The lowest BCUT2D eigenvalue weighted by Crippen LogP contribution is -2.48. The van der Waals surface area contributed by atoms with Gasteiger partial charge < -0.3 is 4.90 Å². The molecule has 3 aromatic rings. The number of anilines is 1. The molecule has 2 heterocycles. The molecule has 6 heteroatoms. The fourth-order valence-electron chi connectivity index (χ4n) is 3.54. The summed E-state index contributed by atoms with van der Waals surface area (Å²) in [5, 5.41) is 0. The van der Waals surface area contributed by atoms with Crippen LogP contribution in [0, 0.1) is 11.6 Å². The molecule has 4 rings (SSSR count). The van der Waals surface area contributed by atoms with Gasteiger partial charge in [0.1, 0.15) is 11.6 Å². The zero-order chi connectivity index (χ0) is 18.6. The molecule has 0 N–H and O–H groups in total. The van der Waals surface area contributed by atoms with Gasteiger partial charge in [0.25, 0.3) is 0 Å². The number of hydrogen-bond acceptors (Lipinski definition) is 4. The first-order valence-electron chi connectivity index (χ1n) is 8.98. The van der Waals surface area contributed by atoms with E-state index < -0.39 is 0 Å². The maximum atomic E-state index is 13.4. The molecule has 0 amide bonds. The molecular formula is C21H20F2N4. The highest BCUT2D eigenvalue weighted by Crippen LogP contribution is 2.30. The van der Waals surface area contributed by atoms with Gasteiger partial charge in [0.05, 0.1) is 6.04 Å². The summed E-state index contributed by atoms with van der Waals surface area (Å²) >= 11 is 0. The van der Waals surface area contributed by atoms with Gasteiger partial charge in [-0.15, -0.1) is 0 Å². The quantitative estimate of drug-likeness (QED) is 0.705. The van der Waals surface area contributed by atoms with E-state index in [2.05, 4.69) is 19.8 Å². The van der Waals surface area contributed by atoms with E-state index in [1.54, 1.807) is 42.7 Å². The molecule has 0 radical (unpaired) electrons. The number of rotatable bonds is 4. The monoisotopic (exact) mass is 366 g/mol. The zero-order valence-electron chi connectivity index (χ0n) is 14.8. The summed E-state index contributed by atoms with van der Waals surface area (Å²) in [4.78, 5) is 13.1. The van der Waals surface area contributed by atoms with Crippen LogP contribution in [0.15, 0.2) is 67.0 Å². The maximum absolute atomic E-state index is 13.4. The summed E-state index contributed by atoms with van der Waals surface area (Å²) in [7, 11) is 0. The van der Waals surface area contributed by atoms with Gasteiger partial charge in [0.2, 0.25) is 5.95 Å². The molecule has 1 saturated heterocycles. The number of benzene rings is 2. The van der Waals surface area contributed by atoms with Gasteiger partial charge in [0.15, 0.2) is 0 Å². The minimum absolute atomic E-state index is 0.0509. The molecule has 1 aromatic heterocycles. The minimum Gasteiger partial charge on any atom is -0.338 e. The van der Waals surface area contributed by atoms with Gasteiger partial charge in [-0.1, -0.05) is 24.3 Å². The van der Waals surface area contributed by atoms with Crippen LogP contribution in [-0.4, -0.2) is 41.0 Å². The van der Waals surface area contributed by atoms with Gasteiger partial charge in [-0.05, 0) is 41.5 Å². The van der Waals surface area contributed by atoms with Crippen LogP contribution in [0.3, 0.4) is 0 Å². The molecule has 0 unspecified atom stereocenters. The van der Waals surface area contributed by atoms with E-state index in [9.17, 15) is 8.78 Å². The van der Waals surface area contributed by atoms with Gasteiger partial charge in [-0.25, -0.2) is 18.7 Å².